The highest BCUT2D eigenvalue weighted by Crippen LogP contribution is 2.30. The number of para-hydroxylation sites is 1. The first-order chi connectivity index (χ1) is 12.9. The molecule has 0 bridgehead atoms. The first-order valence-electron chi connectivity index (χ1n) is 8.80. The lowest BCUT2D eigenvalue weighted by Gasteiger charge is -2.36. The summed E-state index contributed by atoms with van der Waals surface area (Å²) in [5, 5.41) is 1.04. The minimum atomic E-state index is -3.67. The molecule has 142 valence electrons. The van der Waals surface area contributed by atoms with Crippen LogP contribution in [0, 0.1) is 5.82 Å². The van der Waals surface area contributed by atoms with Crippen molar-refractivity contribution in [3.8, 4) is 0 Å². The van der Waals surface area contributed by atoms with Gasteiger partial charge in [0.05, 0.1) is 21.2 Å². The van der Waals surface area contributed by atoms with Crippen molar-refractivity contribution in [2.75, 3.05) is 26.2 Å². The van der Waals surface area contributed by atoms with Gasteiger partial charge in [-0.2, -0.15) is 4.31 Å². The van der Waals surface area contributed by atoms with Gasteiger partial charge in [0, 0.05) is 26.2 Å². The standard InChI is InChI=1S/C19H20FN3O2S2/c1-14(19-21-17-7-2-3-8-18(17)26-19)22-9-11-23(12-10-22)27(24,25)16-6-4-5-15(20)13-16/h2-8,13-14H,9-12H2,1H3. The van der Waals surface area contributed by atoms with Gasteiger partial charge in [-0.25, -0.2) is 17.8 Å². The van der Waals surface area contributed by atoms with Crippen molar-refractivity contribution in [1.29, 1.82) is 0 Å². The zero-order valence-corrected chi connectivity index (χ0v) is 16.5. The molecular formula is C19H20FN3O2S2. The van der Waals surface area contributed by atoms with Crippen LogP contribution in [-0.4, -0.2) is 48.8 Å². The normalized spacial score (nSPS) is 18.0. The van der Waals surface area contributed by atoms with Gasteiger partial charge in [-0.3, -0.25) is 4.90 Å². The number of sulfonamides is 1. The molecule has 2 heterocycles. The van der Waals surface area contributed by atoms with E-state index < -0.39 is 15.8 Å². The number of rotatable bonds is 4. The lowest BCUT2D eigenvalue weighted by molar-refractivity contribution is 0.146. The number of fused-ring (bicyclic) bond motifs is 1. The highest BCUT2D eigenvalue weighted by molar-refractivity contribution is 7.89. The Balaban J connectivity index is 1.46. The number of halogens is 1. The van der Waals surface area contributed by atoms with Gasteiger partial charge in [0.2, 0.25) is 10.0 Å². The van der Waals surface area contributed by atoms with Gasteiger partial charge in [-0.15, -0.1) is 11.3 Å². The molecule has 0 aliphatic carbocycles. The molecule has 1 aromatic heterocycles. The first-order valence-corrected chi connectivity index (χ1v) is 11.1. The zero-order chi connectivity index (χ0) is 19.0. The van der Waals surface area contributed by atoms with E-state index in [-0.39, 0.29) is 10.9 Å². The summed E-state index contributed by atoms with van der Waals surface area (Å²) >= 11 is 1.68. The second-order valence-electron chi connectivity index (χ2n) is 6.59. The molecule has 1 unspecified atom stereocenters. The highest BCUT2D eigenvalue weighted by Gasteiger charge is 2.31. The number of thiazole rings is 1. The van der Waals surface area contributed by atoms with Gasteiger partial charge in [0.15, 0.2) is 0 Å². The van der Waals surface area contributed by atoms with Crippen LogP contribution >= 0.6 is 11.3 Å². The largest absolute Gasteiger partial charge is 0.292 e. The van der Waals surface area contributed by atoms with Crippen LogP contribution in [0.1, 0.15) is 18.0 Å². The fourth-order valence-corrected chi connectivity index (χ4v) is 5.84. The molecule has 0 radical (unpaired) electrons. The van der Waals surface area contributed by atoms with Crippen molar-refractivity contribution in [3.63, 3.8) is 0 Å². The molecule has 1 atom stereocenters. The lowest BCUT2D eigenvalue weighted by Crippen LogP contribution is -2.49. The van der Waals surface area contributed by atoms with E-state index in [1.165, 1.54) is 22.5 Å². The average Bonchev–Trinajstić information content (AvgIpc) is 3.12. The van der Waals surface area contributed by atoms with Crippen molar-refractivity contribution in [2.24, 2.45) is 0 Å². The van der Waals surface area contributed by atoms with E-state index in [2.05, 4.69) is 17.9 Å². The number of nitrogens with zero attached hydrogens (tertiary/aromatic N) is 3. The number of piperazine rings is 1. The van der Waals surface area contributed by atoms with Crippen molar-refractivity contribution in [2.45, 2.75) is 17.9 Å². The summed E-state index contributed by atoms with van der Waals surface area (Å²) in [7, 11) is -3.67. The zero-order valence-electron chi connectivity index (χ0n) is 14.9. The summed E-state index contributed by atoms with van der Waals surface area (Å²) in [5.41, 5.74) is 0.997. The molecule has 5 nitrogen and oxygen atoms in total. The van der Waals surface area contributed by atoms with Gasteiger partial charge in [-0.1, -0.05) is 18.2 Å². The Kier molecular flexibility index (Phi) is 4.98. The van der Waals surface area contributed by atoms with E-state index in [0.717, 1.165) is 21.3 Å². The van der Waals surface area contributed by atoms with Gasteiger partial charge in [0.1, 0.15) is 10.8 Å². The molecule has 0 N–H and O–H groups in total. The SMILES string of the molecule is CC(c1nc2ccccc2s1)N1CCN(S(=O)(=O)c2cccc(F)c2)CC1. The monoisotopic (exact) mass is 405 g/mol. The average molecular weight is 406 g/mol. The number of hydrogen-bond acceptors (Lipinski definition) is 5. The molecule has 0 saturated carbocycles. The molecular weight excluding hydrogens is 385 g/mol. The summed E-state index contributed by atoms with van der Waals surface area (Å²) in [6.45, 7) is 4.11. The highest BCUT2D eigenvalue weighted by atomic mass is 32.2. The van der Waals surface area contributed by atoms with E-state index in [4.69, 9.17) is 4.98 Å². The summed E-state index contributed by atoms with van der Waals surface area (Å²) in [6.07, 6.45) is 0. The van der Waals surface area contributed by atoms with Crippen LogP contribution in [0.25, 0.3) is 10.2 Å². The van der Waals surface area contributed by atoms with Crippen molar-refractivity contribution < 1.29 is 12.8 Å². The summed E-state index contributed by atoms with van der Waals surface area (Å²) in [4.78, 5) is 6.97. The van der Waals surface area contributed by atoms with Crippen LogP contribution in [0.15, 0.2) is 53.4 Å². The topological polar surface area (TPSA) is 53.5 Å². The maximum Gasteiger partial charge on any atom is 0.243 e. The van der Waals surface area contributed by atoms with E-state index in [1.54, 1.807) is 11.3 Å². The van der Waals surface area contributed by atoms with Gasteiger partial charge >= 0.3 is 0 Å². The number of benzene rings is 2. The molecule has 1 saturated heterocycles. The van der Waals surface area contributed by atoms with E-state index in [9.17, 15) is 12.8 Å². The smallest absolute Gasteiger partial charge is 0.243 e. The van der Waals surface area contributed by atoms with Gasteiger partial charge < -0.3 is 0 Å². The number of hydrogen-bond donors (Lipinski definition) is 0. The van der Waals surface area contributed by atoms with Gasteiger partial charge in [0.25, 0.3) is 0 Å². The molecule has 4 rings (SSSR count). The van der Waals surface area contributed by atoms with Crippen molar-refractivity contribution in [3.05, 3.63) is 59.4 Å². The van der Waals surface area contributed by atoms with Crippen LogP contribution < -0.4 is 0 Å². The first kappa shape index (κ1) is 18.5. The minimum Gasteiger partial charge on any atom is -0.292 e. The molecule has 1 aliphatic heterocycles. The molecule has 3 aromatic rings. The minimum absolute atomic E-state index is 0.00942. The molecule has 27 heavy (non-hydrogen) atoms. The second-order valence-corrected chi connectivity index (χ2v) is 9.59. The Bertz CT molecular complexity index is 1030. The van der Waals surface area contributed by atoms with E-state index >= 15 is 0 Å². The molecule has 0 spiro atoms. The summed E-state index contributed by atoms with van der Waals surface area (Å²) in [6, 6.07) is 13.4. The summed E-state index contributed by atoms with van der Waals surface area (Å²) < 4.78 is 41.5. The quantitative estimate of drug-likeness (QED) is 0.667. The Hall–Kier alpha value is -1.87. The van der Waals surface area contributed by atoms with Crippen LogP contribution in [0.4, 0.5) is 4.39 Å². The number of aromatic nitrogens is 1. The van der Waals surface area contributed by atoms with Crippen LogP contribution in [0.3, 0.4) is 0 Å². The Morgan fingerprint density at radius 2 is 1.81 bits per heavy atom. The molecule has 1 aliphatic rings. The van der Waals surface area contributed by atoms with E-state index in [0.29, 0.717) is 26.2 Å². The van der Waals surface area contributed by atoms with Crippen molar-refractivity contribution >= 4 is 31.6 Å². The van der Waals surface area contributed by atoms with Crippen LogP contribution in [0.5, 0.6) is 0 Å². The predicted molar refractivity (Wildman–Crippen MR) is 105 cm³/mol. The van der Waals surface area contributed by atoms with Crippen molar-refractivity contribution in [1.82, 2.24) is 14.2 Å². The Morgan fingerprint density at radius 1 is 1.07 bits per heavy atom. The second kappa shape index (κ2) is 7.27. The van der Waals surface area contributed by atoms with Crippen LogP contribution in [-0.2, 0) is 10.0 Å². The molecule has 8 heteroatoms. The van der Waals surface area contributed by atoms with Gasteiger partial charge in [-0.05, 0) is 37.3 Å². The predicted octanol–water partition coefficient (Wildman–Crippen LogP) is 3.50. The fraction of sp³-hybridized carbons (Fsp3) is 0.316. The third-order valence-corrected chi connectivity index (χ3v) is 8.02. The third-order valence-electron chi connectivity index (χ3n) is 4.92. The third kappa shape index (κ3) is 3.62. The van der Waals surface area contributed by atoms with E-state index in [1.807, 2.05) is 18.2 Å². The Morgan fingerprint density at radius 3 is 2.52 bits per heavy atom. The molecule has 2 aromatic carbocycles. The van der Waals surface area contributed by atoms with Crippen LogP contribution in [0.2, 0.25) is 0 Å². The lowest BCUT2D eigenvalue weighted by atomic mass is 10.2. The fourth-order valence-electron chi connectivity index (χ4n) is 3.33. The molecule has 0 amide bonds. The molecule has 1 fully saturated rings. The maximum absolute atomic E-state index is 13.4. The summed E-state index contributed by atoms with van der Waals surface area (Å²) in [5.74, 6) is -0.542. The Labute approximate surface area is 162 Å². The maximum atomic E-state index is 13.4.